The van der Waals surface area contributed by atoms with E-state index in [2.05, 4.69) is 0 Å². The lowest BCUT2D eigenvalue weighted by Gasteiger charge is -2.09. The highest BCUT2D eigenvalue weighted by Gasteiger charge is 2.28. The van der Waals surface area contributed by atoms with Gasteiger partial charge in [-0.25, -0.2) is 4.79 Å². The molecular formula is C22H22O7. The lowest BCUT2D eigenvalue weighted by molar-refractivity contribution is -0.149. The van der Waals surface area contributed by atoms with Crippen molar-refractivity contribution in [3.05, 3.63) is 53.3 Å². The molecule has 0 bridgehead atoms. The molecule has 7 heteroatoms. The van der Waals surface area contributed by atoms with E-state index < -0.39 is 5.97 Å². The zero-order valence-electron chi connectivity index (χ0n) is 16.7. The highest BCUT2D eigenvalue weighted by molar-refractivity contribution is 6.14. The van der Waals surface area contributed by atoms with E-state index >= 15 is 0 Å². The fourth-order valence-electron chi connectivity index (χ4n) is 2.79. The summed E-state index contributed by atoms with van der Waals surface area (Å²) in [5, 5.41) is 0. The number of Topliss-reactive ketones (excluding diaryl/α,β-unsaturated/α-hetero) is 1. The van der Waals surface area contributed by atoms with Crippen LogP contribution >= 0.6 is 0 Å². The van der Waals surface area contributed by atoms with E-state index in [1.807, 2.05) is 0 Å². The second-order valence-corrected chi connectivity index (χ2v) is 6.53. The molecule has 1 aliphatic rings. The quantitative estimate of drug-likeness (QED) is 0.520. The monoisotopic (exact) mass is 398 g/mol. The van der Waals surface area contributed by atoms with Crippen molar-refractivity contribution in [1.82, 2.24) is 0 Å². The van der Waals surface area contributed by atoms with Gasteiger partial charge < -0.3 is 23.7 Å². The van der Waals surface area contributed by atoms with Crippen LogP contribution in [-0.4, -0.2) is 38.7 Å². The number of hydrogen-bond donors (Lipinski definition) is 0. The molecule has 0 fully saturated rings. The Morgan fingerprint density at radius 3 is 2.52 bits per heavy atom. The molecule has 2 aromatic rings. The molecule has 1 heterocycles. The molecule has 0 amide bonds. The zero-order chi connectivity index (χ0) is 21.0. The highest BCUT2D eigenvalue weighted by Crippen LogP contribution is 2.36. The Bertz CT molecular complexity index is 960. The van der Waals surface area contributed by atoms with E-state index in [0.29, 0.717) is 34.1 Å². The maximum atomic E-state index is 12.7. The summed E-state index contributed by atoms with van der Waals surface area (Å²) in [5.74, 6) is 1.40. The van der Waals surface area contributed by atoms with E-state index in [0.717, 1.165) is 0 Å². The maximum Gasteiger partial charge on any atom is 0.344 e. The van der Waals surface area contributed by atoms with E-state index in [1.165, 1.54) is 0 Å². The highest BCUT2D eigenvalue weighted by atomic mass is 16.6. The summed E-state index contributed by atoms with van der Waals surface area (Å²) in [6.07, 6.45) is 1.39. The van der Waals surface area contributed by atoms with Crippen molar-refractivity contribution in [2.45, 2.75) is 20.0 Å². The van der Waals surface area contributed by atoms with Crippen molar-refractivity contribution in [2.75, 3.05) is 20.8 Å². The summed E-state index contributed by atoms with van der Waals surface area (Å²) in [5.41, 5.74) is 1.06. The van der Waals surface area contributed by atoms with Gasteiger partial charge in [-0.15, -0.1) is 0 Å². The number of fused-ring (bicyclic) bond motifs is 1. The van der Waals surface area contributed by atoms with Gasteiger partial charge in [0.15, 0.2) is 12.4 Å². The van der Waals surface area contributed by atoms with Gasteiger partial charge in [-0.3, -0.25) is 4.79 Å². The summed E-state index contributed by atoms with van der Waals surface area (Å²) in [6.45, 7) is 3.30. The number of benzene rings is 2. The lowest BCUT2D eigenvalue weighted by atomic mass is 10.1. The Balaban J connectivity index is 1.79. The fourth-order valence-corrected chi connectivity index (χ4v) is 2.79. The molecular weight excluding hydrogens is 376 g/mol. The third-order valence-electron chi connectivity index (χ3n) is 4.09. The first-order valence-electron chi connectivity index (χ1n) is 9.04. The smallest absolute Gasteiger partial charge is 0.344 e. The van der Waals surface area contributed by atoms with Crippen LogP contribution < -0.4 is 18.9 Å². The van der Waals surface area contributed by atoms with Crippen LogP contribution in [0.25, 0.3) is 6.08 Å². The summed E-state index contributed by atoms with van der Waals surface area (Å²) >= 11 is 0. The number of allylic oxidation sites excluding steroid dienone is 1. The van der Waals surface area contributed by atoms with Crippen LogP contribution in [0, 0.1) is 0 Å². The number of esters is 1. The summed E-state index contributed by atoms with van der Waals surface area (Å²) < 4.78 is 26.7. The molecule has 0 atom stereocenters. The second kappa shape index (κ2) is 8.68. The normalized spacial score (nSPS) is 13.8. The maximum absolute atomic E-state index is 12.7. The third-order valence-corrected chi connectivity index (χ3v) is 4.09. The second-order valence-electron chi connectivity index (χ2n) is 6.53. The predicted octanol–water partition coefficient (Wildman–Crippen LogP) is 3.65. The van der Waals surface area contributed by atoms with Crippen molar-refractivity contribution in [2.24, 2.45) is 0 Å². The molecule has 7 nitrogen and oxygen atoms in total. The number of carbonyl (C=O) groups is 2. The predicted molar refractivity (Wildman–Crippen MR) is 106 cm³/mol. The minimum Gasteiger partial charge on any atom is -0.497 e. The van der Waals surface area contributed by atoms with E-state index in [9.17, 15) is 9.59 Å². The Hall–Kier alpha value is -3.48. The van der Waals surface area contributed by atoms with Gasteiger partial charge >= 0.3 is 5.97 Å². The van der Waals surface area contributed by atoms with Gasteiger partial charge in [-0.2, -0.15) is 0 Å². The Kier molecular flexibility index (Phi) is 6.07. The number of methoxy groups -OCH3 is 2. The average Bonchev–Trinajstić information content (AvgIpc) is 3.00. The van der Waals surface area contributed by atoms with Crippen molar-refractivity contribution >= 4 is 17.8 Å². The number of carbonyl (C=O) groups excluding carboxylic acids is 2. The fraction of sp³-hybridized carbons (Fsp3) is 0.273. The molecule has 1 aliphatic heterocycles. The molecule has 0 N–H and O–H groups in total. The van der Waals surface area contributed by atoms with Gasteiger partial charge in [-0.05, 0) is 50.3 Å². The Morgan fingerprint density at radius 2 is 1.83 bits per heavy atom. The first-order valence-corrected chi connectivity index (χ1v) is 9.04. The number of rotatable bonds is 7. The minimum absolute atomic E-state index is 0.155. The van der Waals surface area contributed by atoms with Crippen LogP contribution in [0.1, 0.15) is 29.8 Å². The molecule has 3 rings (SSSR count). The molecule has 2 aromatic carbocycles. The largest absolute Gasteiger partial charge is 0.497 e. The van der Waals surface area contributed by atoms with Gasteiger partial charge in [0.05, 0.1) is 25.9 Å². The Morgan fingerprint density at radius 1 is 1.07 bits per heavy atom. The van der Waals surface area contributed by atoms with Crippen LogP contribution in [0.5, 0.6) is 23.0 Å². The van der Waals surface area contributed by atoms with Gasteiger partial charge in [0.25, 0.3) is 0 Å². The van der Waals surface area contributed by atoms with E-state index in [-0.39, 0.29) is 24.3 Å². The van der Waals surface area contributed by atoms with Crippen LogP contribution in [0.15, 0.2) is 42.2 Å². The van der Waals surface area contributed by atoms with Gasteiger partial charge in [-0.1, -0.05) is 0 Å². The minimum atomic E-state index is -0.469. The standard InChI is InChI=1S/C22H22O7/c1-13(2)28-21(23)12-27-16-5-7-17-19(11-16)29-20(22(17)24)10-14-9-15(25-3)6-8-18(14)26-4/h5-11,13H,12H2,1-4H3/b20-10-. The summed E-state index contributed by atoms with van der Waals surface area (Å²) in [4.78, 5) is 24.3. The molecule has 0 saturated heterocycles. The molecule has 0 aliphatic carbocycles. The van der Waals surface area contributed by atoms with E-state index in [4.69, 9.17) is 23.7 Å². The van der Waals surface area contributed by atoms with E-state index in [1.54, 1.807) is 70.5 Å². The third kappa shape index (κ3) is 4.68. The average molecular weight is 398 g/mol. The van der Waals surface area contributed by atoms with Crippen LogP contribution in [0.2, 0.25) is 0 Å². The van der Waals surface area contributed by atoms with Crippen molar-refractivity contribution in [3.63, 3.8) is 0 Å². The van der Waals surface area contributed by atoms with Crippen molar-refractivity contribution < 1.29 is 33.3 Å². The van der Waals surface area contributed by atoms with Crippen molar-refractivity contribution in [3.8, 4) is 23.0 Å². The number of hydrogen-bond acceptors (Lipinski definition) is 7. The zero-order valence-corrected chi connectivity index (χ0v) is 16.7. The van der Waals surface area contributed by atoms with Gasteiger partial charge in [0.1, 0.15) is 23.0 Å². The first-order chi connectivity index (χ1) is 13.9. The molecule has 0 saturated carbocycles. The van der Waals surface area contributed by atoms with Crippen LogP contribution in [0.4, 0.5) is 0 Å². The summed E-state index contributed by atoms with van der Waals surface area (Å²) in [6, 6.07) is 10.0. The van der Waals surface area contributed by atoms with Crippen LogP contribution in [0.3, 0.4) is 0 Å². The SMILES string of the molecule is COc1ccc(OC)c(/C=C2\Oc3cc(OCC(=O)OC(C)C)ccc3C2=O)c1. The van der Waals surface area contributed by atoms with Gasteiger partial charge in [0.2, 0.25) is 5.78 Å². The topological polar surface area (TPSA) is 80.3 Å². The van der Waals surface area contributed by atoms with Gasteiger partial charge in [0, 0.05) is 11.6 Å². The molecule has 152 valence electrons. The molecule has 0 unspecified atom stereocenters. The molecule has 29 heavy (non-hydrogen) atoms. The summed E-state index contributed by atoms with van der Waals surface area (Å²) in [7, 11) is 3.11. The number of ketones is 1. The molecule has 0 radical (unpaired) electrons. The van der Waals surface area contributed by atoms with Crippen LogP contribution in [-0.2, 0) is 9.53 Å². The lowest BCUT2D eigenvalue weighted by Crippen LogP contribution is -2.18. The number of ether oxygens (including phenoxy) is 5. The Labute approximate surface area is 168 Å². The van der Waals surface area contributed by atoms with Crippen molar-refractivity contribution in [1.29, 1.82) is 0 Å². The first kappa shape index (κ1) is 20.3. The molecule has 0 spiro atoms. The molecule has 0 aromatic heterocycles.